The number of anilines is 1. The molecule has 1 aliphatic rings. The van der Waals surface area contributed by atoms with Crippen LogP contribution in [-0.4, -0.2) is 33.2 Å². The molecular formula is C22H30N4O. The number of hydrogen-bond acceptors (Lipinski definition) is 3. The molecule has 0 amide bonds. The fourth-order valence-corrected chi connectivity index (χ4v) is 3.42. The molecule has 3 rings (SSSR count). The monoisotopic (exact) mass is 366 g/mol. The van der Waals surface area contributed by atoms with Crippen molar-refractivity contribution in [3.8, 4) is 5.75 Å². The predicted octanol–water partition coefficient (Wildman–Crippen LogP) is 3.72. The summed E-state index contributed by atoms with van der Waals surface area (Å²) in [6, 6.07) is 17.0. The van der Waals surface area contributed by atoms with E-state index in [-0.39, 0.29) is 6.04 Å². The normalized spacial score (nSPS) is 15.5. The quantitative estimate of drug-likeness (QED) is 0.604. The maximum atomic E-state index is 5.29. The summed E-state index contributed by atoms with van der Waals surface area (Å²) in [5.74, 6) is 1.65. The van der Waals surface area contributed by atoms with Crippen molar-refractivity contribution in [2.45, 2.75) is 32.4 Å². The number of hydrogen-bond donors (Lipinski definition) is 2. The zero-order valence-corrected chi connectivity index (χ0v) is 16.5. The van der Waals surface area contributed by atoms with E-state index in [1.165, 1.54) is 24.1 Å². The van der Waals surface area contributed by atoms with Gasteiger partial charge in [-0.1, -0.05) is 24.3 Å². The van der Waals surface area contributed by atoms with E-state index in [4.69, 9.17) is 4.74 Å². The van der Waals surface area contributed by atoms with E-state index < -0.39 is 0 Å². The Morgan fingerprint density at radius 3 is 2.67 bits per heavy atom. The Balaban J connectivity index is 1.59. The molecule has 0 saturated carbocycles. The van der Waals surface area contributed by atoms with Crippen molar-refractivity contribution in [1.82, 2.24) is 10.6 Å². The van der Waals surface area contributed by atoms with Crippen LogP contribution in [0.1, 0.15) is 36.9 Å². The van der Waals surface area contributed by atoms with Crippen LogP contribution >= 0.6 is 0 Å². The third kappa shape index (κ3) is 5.16. The second-order valence-corrected chi connectivity index (χ2v) is 6.93. The van der Waals surface area contributed by atoms with E-state index in [0.29, 0.717) is 6.54 Å². The van der Waals surface area contributed by atoms with E-state index >= 15 is 0 Å². The first kappa shape index (κ1) is 19.1. The lowest BCUT2D eigenvalue weighted by atomic mass is 10.1. The van der Waals surface area contributed by atoms with Gasteiger partial charge in [-0.15, -0.1) is 0 Å². The van der Waals surface area contributed by atoms with Crippen molar-refractivity contribution < 1.29 is 4.74 Å². The Labute approximate surface area is 162 Å². The van der Waals surface area contributed by atoms with Crippen molar-refractivity contribution >= 4 is 11.6 Å². The van der Waals surface area contributed by atoms with Crippen LogP contribution in [0.15, 0.2) is 53.5 Å². The van der Waals surface area contributed by atoms with Crippen LogP contribution in [0.25, 0.3) is 0 Å². The zero-order chi connectivity index (χ0) is 19.1. The Morgan fingerprint density at radius 1 is 1.15 bits per heavy atom. The van der Waals surface area contributed by atoms with Gasteiger partial charge in [0.15, 0.2) is 5.96 Å². The highest BCUT2D eigenvalue weighted by Gasteiger charge is 2.14. The molecule has 1 unspecified atom stereocenters. The first-order valence-electron chi connectivity index (χ1n) is 9.64. The van der Waals surface area contributed by atoms with Crippen LogP contribution in [0.3, 0.4) is 0 Å². The van der Waals surface area contributed by atoms with Gasteiger partial charge < -0.3 is 20.3 Å². The van der Waals surface area contributed by atoms with Crippen LogP contribution in [0.5, 0.6) is 5.75 Å². The van der Waals surface area contributed by atoms with Crippen LogP contribution in [0.2, 0.25) is 0 Å². The fourth-order valence-electron chi connectivity index (χ4n) is 3.42. The molecule has 144 valence electrons. The maximum absolute atomic E-state index is 5.29. The molecule has 0 aliphatic carbocycles. The minimum absolute atomic E-state index is 0.170. The van der Waals surface area contributed by atoms with Gasteiger partial charge >= 0.3 is 0 Å². The molecule has 0 radical (unpaired) electrons. The number of rotatable bonds is 6. The van der Waals surface area contributed by atoms with Gasteiger partial charge in [0.25, 0.3) is 0 Å². The number of nitrogens with one attached hydrogen (secondary N) is 2. The average molecular weight is 367 g/mol. The molecule has 0 bridgehead atoms. The fraction of sp³-hybridized carbons (Fsp3) is 0.409. The lowest BCUT2D eigenvalue weighted by Gasteiger charge is -2.22. The summed E-state index contributed by atoms with van der Waals surface area (Å²) < 4.78 is 5.29. The van der Waals surface area contributed by atoms with Gasteiger partial charge in [-0.2, -0.15) is 0 Å². The van der Waals surface area contributed by atoms with Gasteiger partial charge in [-0.25, -0.2) is 0 Å². The Morgan fingerprint density at radius 2 is 1.93 bits per heavy atom. The standard InChI is InChI=1S/C22H30N4O/c1-17(19-9-7-10-20(15-19)26-12-4-5-13-26)25-22(23-2)24-16-18-8-6-11-21(14-18)27-3/h6-11,14-15,17H,4-5,12-13,16H2,1-3H3,(H2,23,24,25). The molecule has 2 N–H and O–H groups in total. The maximum Gasteiger partial charge on any atom is 0.191 e. The molecule has 1 fully saturated rings. The average Bonchev–Trinajstić information content (AvgIpc) is 3.26. The van der Waals surface area contributed by atoms with Crippen molar-refractivity contribution in [3.05, 3.63) is 59.7 Å². The first-order valence-corrected chi connectivity index (χ1v) is 9.64. The molecule has 0 spiro atoms. The smallest absolute Gasteiger partial charge is 0.191 e. The third-order valence-corrected chi connectivity index (χ3v) is 5.01. The van der Waals surface area contributed by atoms with Crippen LogP contribution in [-0.2, 0) is 6.54 Å². The van der Waals surface area contributed by atoms with Crippen molar-refractivity contribution in [2.24, 2.45) is 4.99 Å². The summed E-state index contributed by atoms with van der Waals surface area (Å²) in [4.78, 5) is 6.83. The molecule has 2 aromatic carbocycles. The van der Waals surface area contributed by atoms with Crippen LogP contribution in [0, 0.1) is 0 Å². The largest absolute Gasteiger partial charge is 0.497 e. The van der Waals surface area contributed by atoms with Gasteiger partial charge in [0, 0.05) is 32.4 Å². The highest BCUT2D eigenvalue weighted by Crippen LogP contribution is 2.24. The van der Waals surface area contributed by atoms with E-state index in [1.54, 1.807) is 14.2 Å². The summed E-state index contributed by atoms with van der Waals surface area (Å²) in [6.45, 7) is 5.18. The molecule has 1 atom stereocenters. The van der Waals surface area contributed by atoms with Crippen LogP contribution in [0.4, 0.5) is 5.69 Å². The van der Waals surface area contributed by atoms with E-state index in [2.05, 4.69) is 57.8 Å². The lowest BCUT2D eigenvalue weighted by Crippen LogP contribution is -2.38. The Kier molecular flexibility index (Phi) is 6.58. The van der Waals surface area contributed by atoms with Crippen molar-refractivity contribution in [1.29, 1.82) is 0 Å². The number of aliphatic imine (C=N–C) groups is 1. The first-order chi connectivity index (χ1) is 13.2. The molecule has 1 aliphatic heterocycles. The number of guanidine groups is 1. The van der Waals surface area contributed by atoms with Gasteiger partial charge in [-0.05, 0) is 55.2 Å². The number of ether oxygens (including phenoxy) is 1. The SMILES string of the molecule is CN=C(NCc1cccc(OC)c1)NC(C)c1cccc(N2CCCC2)c1. The molecule has 5 nitrogen and oxygen atoms in total. The molecule has 27 heavy (non-hydrogen) atoms. The van der Waals surface area contributed by atoms with E-state index in [1.807, 2.05) is 18.2 Å². The third-order valence-electron chi connectivity index (χ3n) is 5.01. The van der Waals surface area contributed by atoms with Gasteiger partial charge in [0.05, 0.1) is 13.2 Å². The Bertz CT molecular complexity index is 768. The van der Waals surface area contributed by atoms with Gasteiger partial charge in [-0.3, -0.25) is 4.99 Å². The molecule has 0 aromatic heterocycles. The summed E-state index contributed by atoms with van der Waals surface area (Å²) in [5.41, 5.74) is 3.74. The molecular weight excluding hydrogens is 336 g/mol. The summed E-state index contributed by atoms with van der Waals surface area (Å²) in [5, 5.41) is 6.87. The van der Waals surface area contributed by atoms with E-state index in [0.717, 1.165) is 30.4 Å². The number of benzene rings is 2. The predicted molar refractivity (Wildman–Crippen MR) is 113 cm³/mol. The number of methoxy groups -OCH3 is 1. The second-order valence-electron chi connectivity index (χ2n) is 6.93. The minimum Gasteiger partial charge on any atom is -0.497 e. The highest BCUT2D eigenvalue weighted by molar-refractivity contribution is 5.80. The van der Waals surface area contributed by atoms with Gasteiger partial charge in [0.2, 0.25) is 0 Å². The van der Waals surface area contributed by atoms with Crippen molar-refractivity contribution in [3.63, 3.8) is 0 Å². The molecule has 1 saturated heterocycles. The lowest BCUT2D eigenvalue weighted by molar-refractivity contribution is 0.414. The Hall–Kier alpha value is -2.69. The topological polar surface area (TPSA) is 48.9 Å². The van der Waals surface area contributed by atoms with Crippen molar-refractivity contribution in [2.75, 3.05) is 32.1 Å². The summed E-state index contributed by atoms with van der Waals surface area (Å²) in [6.07, 6.45) is 2.58. The van der Waals surface area contributed by atoms with Crippen LogP contribution < -0.4 is 20.3 Å². The highest BCUT2D eigenvalue weighted by atomic mass is 16.5. The molecule has 5 heteroatoms. The zero-order valence-electron chi connectivity index (χ0n) is 16.5. The number of nitrogens with zero attached hydrogens (tertiary/aromatic N) is 2. The van der Waals surface area contributed by atoms with E-state index in [9.17, 15) is 0 Å². The molecule has 2 aromatic rings. The molecule has 1 heterocycles. The van der Waals surface area contributed by atoms with Gasteiger partial charge in [0.1, 0.15) is 5.75 Å². The second kappa shape index (κ2) is 9.31. The minimum atomic E-state index is 0.170. The summed E-state index contributed by atoms with van der Waals surface area (Å²) >= 11 is 0. The summed E-state index contributed by atoms with van der Waals surface area (Å²) in [7, 11) is 3.49.